The largest absolute Gasteiger partial charge is 0.351 e. The van der Waals surface area contributed by atoms with Crippen molar-refractivity contribution in [1.29, 1.82) is 0 Å². The molecular formula is C14H18Cl2N2O. The number of likely N-dealkylation sites (tertiary alicyclic amines) is 1. The van der Waals surface area contributed by atoms with Gasteiger partial charge in [0, 0.05) is 13.1 Å². The summed E-state index contributed by atoms with van der Waals surface area (Å²) < 4.78 is 0. The molecule has 1 aliphatic rings. The molecular weight excluding hydrogens is 283 g/mol. The van der Waals surface area contributed by atoms with Gasteiger partial charge in [-0.05, 0) is 38.1 Å². The van der Waals surface area contributed by atoms with Crippen molar-refractivity contribution in [1.82, 2.24) is 10.2 Å². The van der Waals surface area contributed by atoms with Crippen LogP contribution in [0.2, 0.25) is 10.0 Å². The summed E-state index contributed by atoms with van der Waals surface area (Å²) in [6, 6.07) is 5.08. The molecule has 1 heterocycles. The number of nitrogens with one attached hydrogen (secondary N) is 1. The summed E-state index contributed by atoms with van der Waals surface area (Å²) in [7, 11) is 0. The first-order valence-corrected chi connectivity index (χ1v) is 7.38. The zero-order valence-electron chi connectivity index (χ0n) is 10.8. The van der Waals surface area contributed by atoms with Gasteiger partial charge in [-0.15, -0.1) is 0 Å². The van der Waals surface area contributed by atoms with Crippen molar-refractivity contribution in [2.24, 2.45) is 0 Å². The molecule has 1 aromatic carbocycles. The number of nitrogens with zero attached hydrogens (tertiary/aromatic N) is 1. The van der Waals surface area contributed by atoms with Crippen molar-refractivity contribution in [3.05, 3.63) is 33.8 Å². The summed E-state index contributed by atoms with van der Waals surface area (Å²) in [6.45, 7) is 3.76. The van der Waals surface area contributed by atoms with Crippen LogP contribution >= 0.6 is 23.2 Å². The van der Waals surface area contributed by atoms with Gasteiger partial charge in [0.05, 0.1) is 15.6 Å². The number of carbonyl (C=O) groups is 1. The van der Waals surface area contributed by atoms with Crippen LogP contribution in [0.5, 0.6) is 0 Å². The second kappa shape index (κ2) is 7.13. The second-order valence-corrected chi connectivity index (χ2v) is 5.57. The first kappa shape index (κ1) is 14.6. The maximum absolute atomic E-state index is 12.0. The first-order valence-electron chi connectivity index (χ1n) is 6.63. The van der Waals surface area contributed by atoms with Crippen LogP contribution in [0, 0.1) is 0 Å². The highest BCUT2D eigenvalue weighted by atomic mass is 35.5. The van der Waals surface area contributed by atoms with E-state index in [1.807, 2.05) is 0 Å². The fourth-order valence-corrected chi connectivity index (χ4v) is 2.88. The Kier molecular flexibility index (Phi) is 5.49. The third-order valence-corrected chi connectivity index (χ3v) is 3.98. The van der Waals surface area contributed by atoms with Gasteiger partial charge in [-0.2, -0.15) is 0 Å². The van der Waals surface area contributed by atoms with Crippen LogP contribution in [-0.4, -0.2) is 37.0 Å². The number of benzene rings is 1. The van der Waals surface area contributed by atoms with Gasteiger partial charge in [0.15, 0.2) is 0 Å². The summed E-state index contributed by atoms with van der Waals surface area (Å²) in [5.41, 5.74) is 0.365. The number of piperidine rings is 1. The van der Waals surface area contributed by atoms with Gasteiger partial charge in [-0.1, -0.05) is 35.7 Å². The number of hydrogen-bond acceptors (Lipinski definition) is 2. The lowest BCUT2D eigenvalue weighted by atomic mass is 10.1. The van der Waals surface area contributed by atoms with E-state index in [1.54, 1.807) is 18.2 Å². The van der Waals surface area contributed by atoms with Gasteiger partial charge < -0.3 is 10.2 Å². The molecule has 1 fully saturated rings. The molecule has 1 N–H and O–H groups in total. The zero-order chi connectivity index (χ0) is 13.7. The summed E-state index contributed by atoms with van der Waals surface area (Å²) in [6.07, 6.45) is 3.83. The number of halogens is 2. The van der Waals surface area contributed by atoms with Crippen LogP contribution in [0.3, 0.4) is 0 Å². The Bertz CT molecular complexity index is 425. The molecule has 0 spiro atoms. The molecule has 1 saturated heterocycles. The van der Waals surface area contributed by atoms with Gasteiger partial charge in [-0.25, -0.2) is 0 Å². The van der Waals surface area contributed by atoms with Crippen molar-refractivity contribution >= 4 is 29.1 Å². The molecule has 0 atom stereocenters. The van der Waals surface area contributed by atoms with Gasteiger partial charge in [0.25, 0.3) is 5.91 Å². The zero-order valence-corrected chi connectivity index (χ0v) is 12.3. The van der Waals surface area contributed by atoms with Crippen LogP contribution < -0.4 is 5.32 Å². The molecule has 0 aromatic heterocycles. The average Bonchev–Trinajstić information content (AvgIpc) is 2.40. The molecule has 104 valence electrons. The Morgan fingerprint density at radius 1 is 1.16 bits per heavy atom. The quantitative estimate of drug-likeness (QED) is 0.926. The molecule has 0 aliphatic carbocycles. The highest BCUT2D eigenvalue weighted by Crippen LogP contribution is 2.23. The predicted octanol–water partition coefficient (Wildman–Crippen LogP) is 3.21. The SMILES string of the molecule is O=C(NCCN1CCCCC1)c1c(Cl)cccc1Cl. The predicted molar refractivity (Wildman–Crippen MR) is 79.1 cm³/mol. The minimum Gasteiger partial charge on any atom is -0.351 e. The summed E-state index contributed by atoms with van der Waals surface area (Å²) in [5, 5.41) is 3.66. The molecule has 19 heavy (non-hydrogen) atoms. The third kappa shape index (κ3) is 4.10. The minimum absolute atomic E-state index is 0.201. The number of amides is 1. The lowest BCUT2D eigenvalue weighted by Crippen LogP contribution is -2.37. The fourth-order valence-electron chi connectivity index (χ4n) is 2.31. The van der Waals surface area contributed by atoms with Crippen molar-refractivity contribution in [2.45, 2.75) is 19.3 Å². The molecule has 2 rings (SSSR count). The van der Waals surface area contributed by atoms with Crippen LogP contribution in [0.4, 0.5) is 0 Å². The molecule has 1 aromatic rings. The van der Waals surface area contributed by atoms with E-state index < -0.39 is 0 Å². The van der Waals surface area contributed by atoms with Crippen molar-refractivity contribution in [3.63, 3.8) is 0 Å². The van der Waals surface area contributed by atoms with Gasteiger partial charge in [0.1, 0.15) is 0 Å². The van der Waals surface area contributed by atoms with Crippen LogP contribution in [0.15, 0.2) is 18.2 Å². The van der Waals surface area contributed by atoms with E-state index in [0.717, 1.165) is 19.6 Å². The maximum Gasteiger partial charge on any atom is 0.254 e. The normalized spacial score (nSPS) is 16.3. The molecule has 0 unspecified atom stereocenters. The Morgan fingerprint density at radius 2 is 1.79 bits per heavy atom. The van der Waals surface area contributed by atoms with Gasteiger partial charge >= 0.3 is 0 Å². The Hall–Kier alpha value is -0.770. The number of rotatable bonds is 4. The summed E-state index contributed by atoms with van der Waals surface area (Å²) in [4.78, 5) is 14.4. The molecule has 0 radical (unpaired) electrons. The second-order valence-electron chi connectivity index (χ2n) is 4.75. The third-order valence-electron chi connectivity index (χ3n) is 3.35. The Balaban J connectivity index is 1.84. The van der Waals surface area contributed by atoms with Crippen molar-refractivity contribution in [2.75, 3.05) is 26.2 Å². The fraction of sp³-hybridized carbons (Fsp3) is 0.500. The summed E-state index contributed by atoms with van der Waals surface area (Å²) >= 11 is 12.0. The smallest absolute Gasteiger partial charge is 0.254 e. The van der Waals surface area contributed by atoms with E-state index in [9.17, 15) is 4.79 Å². The summed E-state index contributed by atoms with van der Waals surface area (Å²) in [5.74, 6) is -0.201. The van der Waals surface area contributed by atoms with Gasteiger partial charge in [0.2, 0.25) is 0 Å². The monoisotopic (exact) mass is 300 g/mol. The van der Waals surface area contributed by atoms with Crippen LogP contribution in [-0.2, 0) is 0 Å². The van der Waals surface area contributed by atoms with Crippen molar-refractivity contribution in [3.8, 4) is 0 Å². The topological polar surface area (TPSA) is 32.3 Å². The maximum atomic E-state index is 12.0. The van der Waals surface area contributed by atoms with Crippen LogP contribution in [0.1, 0.15) is 29.6 Å². The van der Waals surface area contributed by atoms with E-state index in [1.165, 1.54) is 19.3 Å². The molecule has 0 bridgehead atoms. The lowest BCUT2D eigenvalue weighted by Gasteiger charge is -2.26. The molecule has 3 nitrogen and oxygen atoms in total. The molecule has 1 aliphatic heterocycles. The molecule has 5 heteroatoms. The number of hydrogen-bond donors (Lipinski definition) is 1. The van der Waals surface area contributed by atoms with Crippen molar-refractivity contribution < 1.29 is 4.79 Å². The van der Waals surface area contributed by atoms with E-state index >= 15 is 0 Å². The highest BCUT2D eigenvalue weighted by Gasteiger charge is 2.15. The van der Waals surface area contributed by atoms with E-state index in [4.69, 9.17) is 23.2 Å². The first-order chi connectivity index (χ1) is 9.18. The minimum atomic E-state index is -0.201. The van der Waals surface area contributed by atoms with Crippen LogP contribution in [0.25, 0.3) is 0 Å². The molecule has 0 saturated carbocycles. The van der Waals surface area contributed by atoms with E-state index in [0.29, 0.717) is 22.2 Å². The highest BCUT2D eigenvalue weighted by molar-refractivity contribution is 6.39. The molecule has 1 amide bonds. The Morgan fingerprint density at radius 3 is 2.42 bits per heavy atom. The number of carbonyl (C=O) groups excluding carboxylic acids is 1. The van der Waals surface area contributed by atoms with E-state index in [2.05, 4.69) is 10.2 Å². The lowest BCUT2D eigenvalue weighted by molar-refractivity contribution is 0.0947. The standard InChI is InChI=1S/C14H18Cl2N2O/c15-11-5-4-6-12(16)13(11)14(19)17-7-10-18-8-2-1-3-9-18/h4-6H,1-3,7-10H2,(H,17,19). The average molecular weight is 301 g/mol. The Labute approximate surface area is 123 Å². The van der Waals surface area contributed by atoms with Gasteiger partial charge in [-0.3, -0.25) is 4.79 Å². The van der Waals surface area contributed by atoms with E-state index in [-0.39, 0.29) is 5.91 Å².